The molecule has 0 fully saturated rings. The molecule has 2 rings (SSSR count). The van der Waals surface area contributed by atoms with Crippen molar-refractivity contribution in [2.24, 2.45) is 0 Å². The SMILES string of the molecule is C/C=C\CC/C=C/COc1cc(=C(C#N)C#N)c(OCc2ccccc2)cc1=C(C#N)C#N. The second kappa shape index (κ2) is 13.5. The molecule has 162 valence electrons. The standard InChI is InChI=1S/C27H22N4O2/c1-2-3-4-5-6-10-13-32-26-14-25(23(18-30)19-31)27(15-24(26)22(16-28)17-29)33-20-21-11-8-7-9-12-21/h2-3,6-12,14-15H,4-5,13,20H2,1H3/b3-2-,10-6+. The van der Waals surface area contributed by atoms with Gasteiger partial charge in [0.2, 0.25) is 0 Å². The lowest BCUT2D eigenvalue weighted by molar-refractivity contribution is 0.301. The second-order valence-electron chi connectivity index (χ2n) is 6.74. The molecule has 0 aliphatic heterocycles. The van der Waals surface area contributed by atoms with Crippen LogP contribution in [0.5, 0.6) is 11.5 Å². The first kappa shape index (κ1) is 24.5. The number of nitrogens with zero attached hydrogens (tertiary/aromatic N) is 4. The fourth-order valence-electron chi connectivity index (χ4n) is 2.90. The molecule has 0 unspecified atom stereocenters. The van der Waals surface area contributed by atoms with Crippen molar-refractivity contribution in [2.45, 2.75) is 26.4 Å². The smallest absolute Gasteiger partial charge is 0.140 e. The van der Waals surface area contributed by atoms with E-state index in [0.717, 1.165) is 18.4 Å². The zero-order valence-electron chi connectivity index (χ0n) is 18.3. The van der Waals surface area contributed by atoms with Gasteiger partial charge in [0.15, 0.2) is 0 Å². The maximum atomic E-state index is 9.44. The summed E-state index contributed by atoms with van der Waals surface area (Å²) in [7, 11) is 0. The average molecular weight is 434 g/mol. The van der Waals surface area contributed by atoms with E-state index >= 15 is 0 Å². The minimum absolute atomic E-state index is 0.159. The number of rotatable bonds is 9. The molecule has 0 atom stereocenters. The maximum Gasteiger partial charge on any atom is 0.140 e. The number of ether oxygens (including phenoxy) is 2. The molecule has 2 aromatic carbocycles. The Hall–Kier alpha value is -4.78. The van der Waals surface area contributed by atoms with Crippen molar-refractivity contribution in [2.75, 3.05) is 6.61 Å². The lowest BCUT2D eigenvalue weighted by Gasteiger charge is -2.11. The van der Waals surface area contributed by atoms with Crippen molar-refractivity contribution in [1.82, 2.24) is 0 Å². The molecule has 0 saturated carbocycles. The minimum atomic E-state index is -0.160. The summed E-state index contributed by atoms with van der Waals surface area (Å²) < 4.78 is 11.7. The van der Waals surface area contributed by atoms with Crippen LogP contribution in [0.15, 0.2) is 66.8 Å². The highest BCUT2D eigenvalue weighted by Crippen LogP contribution is 2.13. The van der Waals surface area contributed by atoms with Crippen LogP contribution >= 0.6 is 0 Å². The van der Waals surface area contributed by atoms with Crippen molar-refractivity contribution in [1.29, 1.82) is 21.0 Å². The highest BCUT2D eigenvalue weighted by Gasteiger charge is 2.11. The minimum Gasteiger partial charge on any atom is -0.489 e. The van der Waals surface area contributed by atoms with Gasteiger partial charge in [-0.3, -0.25) is 0 Å². The largest absolute Gasteiger partial charge is 0.489 e. The van der Waals surface area contributed by atoms with Gasteiger partial charge in [0.05, 0.1) is 0 Å². The highest BCUT2D eigenvalue weighted by molar-refractivity contribution is 5.77. The summed E-state index contributed by atoms with van der Waals surface area (Å²) in [6.07, 6.45) is 9.63. The van der Waals surface area contributed by atoms with Gasteiger partial charge in [-0.2, -0.15) is 21.0 Å². The van der Waals surface area contributed by atoms with Crippen LogP contribution in [0.4, 0.5) is 0 Å². The van der Waals surface area contributed by atoms with E-state index in [1.54, 1.807) is 0 Å². The second-order valence-corrected chi connectivity index (χ2v) is 6.74. The van der Waals surface area contributed by atoms with Gasteiger partial charge in [-0.25, -0.2) is 0 Å². The molecule has 0 spiro atoms. The van der Waals surface area contributed by atoms with Gasteiger partial charge in [-0.05, 0) is 37.5 Å². The Bertz CT molecular complexity index is 1280. The number of hydrogen-bond donors (Lipinski definition) is 0. The Kier molecular flexibility index (Phi) is 10.0. The van der Waals surface area contributed by atoms with Crippen molar-refractivity contribution < 1.29 is 9.47 Å². The summed E-state index contributed by atoms with van der Waals surface area (Å²) in [5, 5.41) is 38.2. The number of benzene rings is 2. The van der Waals surface area contributed by atoms with Crippen molar-refractivity contribution >= 4 is 11.1 Å². The molecule has 6 heteroatoms. The molecule has 0 saturated heterocycles. The molecule has 2 aromatic rings. The first-order valence-corrected chi connectivity index (χ1v) is 10.3. The first-order chi connectivity index (χ1) is 16.2. The van der Waals surface area contributed by atoms with Crippen LogP contribution in [-0.2, 0) is 6.61 Å². The fraction of sp³-hybridized carbons (Fsp3) is 0.185. The number of allylic oxidation sites excluding steroid dienone is 3. The predicted molar refractivity (Wildman–Crippen MR) is 124 cm³/mol. The summed E-state index contributed by atoms with van der Waals surface area (Å²) in [5.74, 6) is 0.431. The van der Waals surface area contributed by atoms with Crippen LogP contribution in [-0.4, -0.2) is 6.61 Å². The third-order valence-electron chi connectivity index (χ3n) is 4.54. The third kappa shape index (κ3) is 7.15. The fourth-order valence-corrected chi connectivity index (χ4v) is 2.90. The van der Waals surface area contributed by atoms with E-state index in [1.807, 2.05) is 79.8 Å². The number of nitriles is 4. The zero-order valence-corrected chi connectivity index (χ0v) is 18.3. The van der Waals surface area contributed by atoms with Gasteiger partial charge in [0, 0.05) is 10.4 Å². The monoisotopic (exact) mass is 434 g/mol. The van der Waals surface area contributed by atoms with Crippen LogP contribution < -0.4 is 19.9 Å². The Morgan fingerprint density at radius 2 is 1.30 bits per heavy atom. The summed E-state index contributed by atoms with van der Waals surface area (Å²) in [6, 6.07) is 19.8. The molecule has 0 radical (unpaired) electrons. The molecule has 0 bridgehead atoms. The summed E-state index contributed by atoms with van der Waals surface area (Å²) in [5.41, 5.74) is 0.564. The van der Waals surface area contributed by atoms with Crippen LogP contribution in [0, 0.1) is 45.3 Å². The van der Waals surface area contributed by atoms with E-state index in [9.17, 15) is 21.0 Å². The van der Waals surface area contributed by atoms with Crippen LogP contribution in [0.2, 0.25) is 0 Å². The van der Waals surface area contributed by atoms with Crippen molar-refractivity contribution in [3.05, 3.63) is 82.8 Å². The highest BCUT2D eigenvalue weighted by atomic mass is 16.5. The summed E-state index contributed by atoms with van der Waals surface area (Å²) in [6.45, 7) is 2.34. The maximum absolute atomic E-state index is 9.44. The molecule has 0 N–H and O–H groups in total. The lowest BCUT2D eigenvalue weighted by atomic mass is 10.1. The molecule has 0 amide bonds. The number of unbranched alkanes of at least 4 members (excludes halogenated alkanes) is 1. The Labute approximate surface area is 193 Å². The third-order valence-corrected chi connectivity index (χ3v) is 4.54. The molecule has 0 aliphatic carbocycles. The van der Waals surface area contributed by atoms with Gasteiger partial charge >= 0.3 is 0 Å². The van der Waals surface area contributed by atoms with Gasteiger partial charge in [-0.1, -0.05) is 54.6 Å². The molecule has 6 nitrogen and oxygen atoms in total. The van der Waals surface area contributed by atoms with Crippen LogP contribution in [0.3, 0.4) is 0 Å². The number of hydrogen-bond acceptors (Lipinski definition) is 6. The van der Waals surface area contributed by atoms with Crippen LogP contribution in [0.1, 0.15) is 25.3 Å². The molecule has 33 heavy (non-hydrogen) atoms. The topological polar surface area (TPSA) is 114 Å². The van der Waals surface area contributed by atoms with Gasteiger partial charge in [0.25, 0.3) is 0 Å². The zero-order chi connectivity index (χ0) is 23.9. The molecular weight excluding hydrogens is 412 g/mol. The van der Waals surface area contributed by atoms with Crippen molar-refractivity contribution in [3.8, 4) is 35.8 Å². The van der Waals surface area contributed by atoms with Gasteiger partial charge in [0.1, 0.15) is 60.1 Å². The molecule has 0 aromatic heterocycles. The van der Waals surface area contributed by atoms with Gasteiger partial charge < -0.3 is 9.47 Å². The quantitative estimate of drug-likeness (QED) is 0.436. The van der Waals surface area contributed by atoms with E-state index in [4.69, 9.17) is 9.47 Å². The Morgan fingerprint density at radius 1 is 0.758 bits per heavy atom. The molecule has 0 aliphatic rings. The van der Waals surface area contributed by atoms with Crippen molar-refractivity contribution in [3.63, 3.8) is 0 Å². The Balaban J connectivity index is 2.52. The average Bonchev–Trinajstić information content (AvgIpc) is 2.85. The first-order valence-electron chi connectivity index (χ1n) is 10.3. The molecule has 0 heterocycles. The molecular formula is C27H22N4O2. The van der Waals surface area contributed by atoms with E-state index in [1.165, 1.54) is 12.1 Å². The van der Waals surface area contributed by atoms with E-state index in [2.05, 4.69) is 6.08 Å². The normalized spacial score (nSPS) is 10.1. The summed E-state index contributed by atoms with van der Waals surface area (Å²) >= 11 is 0. The van der Waals surface area contributed by atoms with E-state index < -0.39 is 0 Å². The summed E-state index contributed by atoms with van der Waals surface area (Å²) in [4.78, 5) is 0. The Morgan fingerprint density at radius 3 is 1.85 bits per heavy atom. The lowest BCUT2D eigenvalue weighted by Crippen LogP contribution is -2.20. The van der Waals surface area contributed by atoms with Crippen LogP contribution in [0.25, 0.3) is 11.1 Å². The predicted octanol–water partition coefficient (Wildman–Crippen LogP) is 3.95. The van der Waals surface area contributed by atoms with E-state index in [0.29, 0.717) is 0 Å². The van der Waals surface area contributed by atoms with E-state index in [-0.39, 0.29) is 46.3 Å². The van der Waals surface area contributed by atoms with Gasteiger partial charge in [-0.15, -0.1) is 0 Å².